The molecule has 19 heavy (non-hydrogen) atoms. The van der Waals surface area contributed by atoms with Crippen molar-refractivity contribution in [1.82, 2.24) is 0 Å². The molecule has 0 N–H and O–H groups in total. The van der Waals surface area contributed by atoms with Crippen LogP contribution in [0.25, 0.3) is 0 Å². The zero-order valence-corrected chi connectivity index (χ0v) is 12.7. The van der Waals surface area contributed by atoms with Crippen LogP contribution in [-0.2, 0) is 0 Å². The van der Waals surface area contributed by atoms with Gasteiger partial charge in [0.15, 0.2) is 0 Å². The second kappa shape index (κ2) is 6.34. The van der Waals surface area contributed by atoms with Crippen LogP contribution in [-0.4, -0.2) is 21.4 Å². The molecule has 0 spiro atoms. The maximum Gasteiger partial charge on any atom is 0.431 e. The van der Waals surface area contributed by atoms with Crippen molar-refractivity contribution < 1.29 is 30.7 Å². The first kappa shape index (κ1) is 19.2. The van der Waals surface area contributed by atoms with Crippen molar-refractivity contribution in [2.45, 2.75) is 67.4 Å². The van der Waals surface area contributed by atoms with E-state index < -0.39 is 27.9 Å². The monoisotopic (exact) mass is 408 g/mol. The fraction of sp³-hybridized carbons (Fsp3) is 1.00. The molecule has 0 aliphatic heterocycles. The van der Waals surface area contributed by atoms with E-state index >= 15 is 0 Å². The van der Waals surface area contributed by atoms with Crippen LogP contribution in [0.3, 0.4) is 0 Å². The molecular weight excluding hydrogens is 392 g/mol. The summed E-state index contributed by atoms with van der Waals surface area (Å²) in [5.41, 5.74) is -5.15. The van der Waals surface area contributed by atoms with Crippen molar-refractivity contribution >= 4 is 22.6 Å². The van der Waals surface area contributed by atoms with E-state index in [9.17, 15) is 30.7 Å². The lowest BCUT2D eigenvalue weighted by Crippen LogP contribution is -2.55. The largest absolute Gasteiger partial charge is 0.431 e. The van der Waals surface area contributed by atoms with E-state index in [2.05, 4.69) is 0 Å². The molecule has 0 aliphatic rings. The van der Waals surface area contributed by atoms with E-state index in [1.54, 1.807) is 0 Å². The van der Waals surface area contributed by atoms with E-state index in [0.717, 1.165) is 6.42 Å². The van der Waals surface area contributed by atoms with Crippen LogP contribution in [0, 0.1) is 0 Å². The van der Waals surface area contributed by atoms with Gasteiger partial charge in [0, 0.05) is 9.84 Å². The lowest BCUT2D eigenvalue weighted by molar-refractivity contribution is -0.344. The third-order valence-corrected chi connectivity index (χ3v) is 3.73. The van der Waals surface area contributed by atoms with Gasteiger partial charge in [-0.15, -0.1) is 0 Å². The highest BCUT2D eigenvalue weighted by Crippen LogP contribution is 2.52. The zero-order valence-electron chi connectivity index (χ0n) is 10.6. The fourth-order valence-corrected chi connectivity index (χ4v) is 2.61. The van der Waals surface area contributed by atoms with Gasteiger partial charge < -0.3 is 0 Å². The van der Waals surface area contributed by atoms with Crippen LogP contribution in [0.1, 0.15) is 46.0 Å². The molecule has 0 aromatic carbocycles. The van der Waals surface area contributed by atoms with Gasteiger partial charge in [-0.1, -0.05) is 55.7 Å². The van der Waals surface area contributed by atoms with Gasteiger partial charge in [-0.3, -0.25) is 0 Å². The highest BCUT2D eigenvalue weighted by molar-refractivity contribution is 14.1. The second-order valence-corrected chi connectivity index (χ2v) is 7.45. The number of rotatable bonds is 6. The van der Waals surface area contributed by atoms with Gasteiger partial charge in [0.05, 0.1) is 0 Å². The SMILES string of the molecule is CCCCCC(C)(I)CC(F)(C(F)(F)F)C(F)(F)F. The first-order valence-corrected chi connectivity index (χ1v) is 6.86. The Labute approximate surface area is 121 Å². The summed E-state index contributed by atoms with van der Waals surface area (Å²) in [4.78, 5) is 0. The highest BCUT2D eigenvalue weighted by atomic mass is 127. The van der Waals surface area contributed by atoms with Crippen LogP contribution in [0.15, 0.2) is 0 Å². The molecule has 0 amide bonds. The van der Waals surface area contributed by atoms with Crippen molar-refractivity contribution in [2.75, 3.05) is 0 Å². The number of alkyl halides is 8. The minimum atomic E-state index is -5.96. The molecule has 116 valence electrons. The van der Waals surface area contributed by atoms with E-state index in [1.165, 1.54) is 29.5 Å². The predicted molar refractivity (Wildman–Crippen MR) is 67.1 cm³/mol. The molecule has 0 bridgehead atoms. The van der Waals surface area contributed by atoms with Crippen LogP contribution in [0.2, 0.25) is 0 Å². The summed E-state index contributed by atoms with van der Waals surface area (Å²) in [5.74, 6) is 0. The Morgan fingerprint density at radius 3 is 1.58 bits per heavy atom. The first-order chi connectivity index (χ1) is 8.27. The van der Waals surface area contributed by atoms with E-state index in [-0.39, 0.29) is 6.42 Å². The molecule has 0 radical (unpaired) electrons. The number of unbranched alkanes of at least 4 members (excludes halogenated alkanes) is 2. The summed E-state index contributed by atoms with van der Waals surface area (Å²) in [6.45, 7) is 3.07. The fourth-order valence-electron chi connectivity index (χ4n) is 1.70. The summed E-state index contributed by atoms with van der Waals surface area (Å²) in [7, 11) is 0. The summed E-state index contributed by atoms with van der Waals surface area (Å²) in [6.07, 6.45) is -11.5. The van der Waals surface area contributed by atoms with Crippen LogP contribution < -0.4 is 0 Å². The molecule has 0 aromatic heterocycles. The second-order valence-electron chi connectivity index (χ2n) is 4.84. The van der Waals surface area contributed by atoms with Crippen molar-refractivity contribution in [3.05, 3.63) is 0 Å². The number of halogens is 8. The molecule has 8 heteroatoms. The third kappa shape index (κ3) is 5.26. The molecular formula is C11H16F7I. The standard InChI is InChI=1S/C11H16F7I/c1-3-4-5-6-8(2,19)7-9(12,10(13,14)15)11(16,17)18/h3-7H2,1-2H3. The molecule has 0 saturated heterocycles. The first-order valence-electron chi connectivity index (χ1n) is 5.78. The van der Waals surface area contributed by atoms with Gasteiger partial charge in [0.2, 0.25) is 0 Å². The maximum absolute atomic E-state index is 13.6. The summed E-state index contributed by atoms with van der Waals surface area (Å²) < 4.78 is 86.7. The van der Waals surface area contributed by atoms with Crippen molar-refractivity contribution in [1.29, 1.82) is 0 Å². The summed E-state index contributed by atoms with van der Waals surface area (Å²) in [5, 5.41) is 0. The van der Waals surface area contributed by atoms with Gasteiger partial charge >= 0.3 is 12.4 Å². The molecule has 0 fully saturated rings. The predicted octanol–water partition coefficient (Wildman–Crippen LogP) is 5.98. The molecule has 1 unspecified atom stereocenters. The van der Waals surface area contributed by atoms with Crippen molar-refractivity contribution in [2.24, 2.45) is 0 Å². The number of hydrogen-bond acceptors (Lipinski definition) is 0. The smallest absolute Gasteiger partial charge is 0.224 e. The molecule has 0 nitrogen and oxygen atoms in total. The van der Waals surface area contributed by atoms with Crippen molar-refractivity contribution in [3.8, 4) is 0 Å². The molecule has 1 atom stereocenters. The maximum atomic E-state index is 13.6. The molecule has 0 aliphatic carbocycles. The summed E-state index contributed by atoms with van der Waals surface area (Å²) in [6, 6.07) is 0. The quantitative estimate of drug-likeness (QED) is 0.220. The topological polar surface area (TPSA) is 0 Å². The third-order valence-electron chi connectivity index (χ3n) is 2.81. The Kier molecular flexibility index (Phi) is 6.42. The Morgan fingerprint density at radius 1 is 0.842 bits per heavy atom. The van der Waals surface area contributed by atoms with Crippen LogP contribution in [0.5, 0.6) is 0 Å². The van der Waals surface area contributed by atoms with E-state index in [0.29, 0.717) is 12.8 Å². The van der Waals surface area contributed by atoms with Gasteiger partial charge in [-0.2, -0.15) is 26.3 Å². The highest BCUT2D eigenvalue weighted by Gasteiger charge is 2.73. The van der Waals surface area contributed by atoms with Gasteiger partial charge in [-0.25, -0.2) is 4.39 Å². The van der Waals surface area contributed by atoms with E-state index in [4.69, 9.17) is 0 Å². The molecule has 0 rings (SSSR count). The number of hydrogen-bond donors (Lipinski definition) is 0. The van der Waals surface area contributed by atoms with Crippen molar-refractivity contribution in [3.63, 3.8) is 0 Å². The molecule has 0 heterocycles. The Morgan fingerprint density at radius 2 is 1.26 bits per heavy atom. The van der Waals surface area contributed by atoms with Gasteiger partial charge in [0.25, 0.3) is 5.67 Å². The van der Waals surface area contributed by atoms with Crippen LogP contribution in [0.4, 0.5) is 30.7 Å². The Bertz CT molecular complexity index is 266. The Balaban J connectivity index is 5.04. The normalized spacial score (nSPS) is 17.4. The van der Waals surface area contributed by atoms with Crippen LogP contribution >= 0.6 is 22.6 Å². The zero-order chi connectivity index (χ0) is 15.5. The van der Waals surface area contributed by atoms with Gasteiger partial charge in [0.1, 0.15) is 0 Å². The summed E-state index contributed by atoms with van der Waals surface area (Å²) >= 11 is 1.48. The molecule has 0 saturated carbocycles. The average Bonchev–Trinajstić information content (AvgIpc) is 2.13. The Hall–Kier alpha value is 0.240. The average molecular weight is 408 g/mol. The lowest BCUT2D eigenvalue weighted by atomic mass is 9.88. The van der Waals surface area contributed by atoms with E-state index in [1.807, 2.05) is 6.92 Å². The minimum absolute atomic E-state index is 0.110. The van der Waals surface area contributed by atoms with Gasteiger partial charge in [-0.05, 0) is 6.42 Å². The molecule has 0 aromatic rings. The lowest BCUT2D eigenvalue weighted by Gasteiger charge is -2.35. The minimum Gasteiger partial charge on any atom is -0.224 e.